The van der Waals surface area contributed by atoms with Gasteiger partial charge in [-0.1, -0.05) is 0 Å². The van der Waals surface area contributed by atoms with Crippen LogP contribution in [0.4, 0.5) is 0 Å². The Morgan fingerprint density at radius 2 is 2.43 bits per heavy atom. The van der Waals surface area contributed by atoms with Crippen molar-refractivity contribution in [2.24, 2.45) is 5.92 Å². The minimum atomic E-state index is -0.710. The molecule has 0 saturated carbocycles. The minimum absolute atomic E-state index is 0.251. The summed E-state index contributed by atoms with van der Waals surface area (Å²) in [6.45, 7) is 6.28. The molecule has 1 heterocycles. The van der Waals surface area contributed by atoms with Gasteiger partial charge in [0.05, 0.1) is 13.0 Å². The minimum Gasteiger partial charge on any atom is -0.481 e. The molecule has 82 valence electrons. The Morgan fingerprint density at radius 1 is 1.64 bits per heavy atom. The van der Waals surface area contributed by atoms with Gasteiger partial charge in [-0.05, 0) is 25.8 Å². The van der Waals surface area contributed by atoms with Gasteiger partial charge in [-0.15, -0.1) is 0 Å². The number of aliphatic carboxylic acids is 1. The maximum absolute atomic E-state index is 10.4. The van der Waals surface area contributed by atoms with Crippen molar-refractivity contribution in [1.29, 1.82) is 0 Å². The molecule has 0 amide bonds. The maximum Gasteiger partial charge on any atom is 0.304 e. The fourth-order valence-corrected chi connectivity index (χ4v) is 1.79. The molecule has 0 aromatic heterocycles. The van der Waals surface area contributed by atoms with Gasteiger partial charge in [0.25, 0.3) is 0 Å². The number of carboxylic acids is 1. The van der Waals surface area contributed by atoms with E-state index in [0.29, 0.717) is 12.5 Å². The van der Waals surface area contributed by atoms with Gasteiger partial charge in [0.15, 0.2) is 0 Å². The summed E-state index contributed by atoms with van der Waals surface area (Å²) >= 11 is 0. The topological polar surface area (TPSA) is 49.8 Å². The summed E-state index contributed by atoms with van der Waals surface area (Å²) in [7, 11) is 0. The molecule has 1 aliphatic rings. The third-order valence-electron chi connectivity index (χ3n) is 2.57. The van der Waals surface area contributed by atoms with Gasteiger partial charge < -0.3 is 14.7 Å². The molecular formula is C10H19NO3. The molecule has 1 saturated heterocycles. The highest BCUT2D eigenvalue weighted by molar-refractivity contribution is 5.66. The van der Waals surface area contributed by atoms with Crippen LogP contribution in [0.1, 0.15) is 19.8 Å². The van der Waals surface area contributed by atoms with Gasteiger partial charge in [-0.2, -0.15) is 0 Å². The SMILES string of the molecule is CCOC[C@H]1CCN(CCC(=O)O)C1. The lowest BCUT2D eigenvalue weighted by molar-refractivity contribution is -0.137. The van der Waals surface area contributed by atoms with Gasteiger partial charge in [0.2, 0.25) is 0 Å². The number of carbonyl (C=O) groups is 1. The Morgan fingerprint density at radius 3 is 3.07 bits per heavy atom. The molecule has 1 atom stereocenters. The molecule has 1 N–H and O–H groups in total. The van der Waals surface area contributed by atoms with Crippen molar-refractivity contribution in [1.82, 2.24) is 4.90 Å². The fraction of sp³-hybridized carbons (Fsp3) is 0.900. The van der Waals surface area contributed by atoms with Crippen LogP contribution in [0.15, 0.2) is 0 Å². The van der Waals surface area contributed by atoms with Crippen molar-refractivity contribution in [3.05, 3.63) is 0 Å². The average Bonchev–Trinajstić information content (AvgIpc) is 2.59. The summed E-state index contributed by atoms with van der Waals surface area (Å²) in [5, 5.41) is 8.53. The molecule has 0 aliphatic carbocycles. The fourth-order valence-electron chi connectivity index (χ4n) is 1.79. The van der Waals surface area contributed by atoms with E-state index in [1.165, 1.54) is 0 Å². The van der Waals surface area contributed by atoms with Gasteiger partial charge in [-0.3, -0.25) is 4.79 Å². The highest BCUT2D eigenvalue weighted by Gasteiger charge is 2.22. The van der Waals surface area contributed by atoms with Crippen molar-refractivity contribution < 1.29 is 14.6 Å². The van der Waals surface area contributed by atoms with Crippen molar-refractivity contribution in [3.63, 3.8) is 0 Å². The van der Waals surface area contributed by atoms with Crippen LogP contribution >= 0.6 is 0 Å². The second-order valence-corrected chi connectivity index (χ2v) is 3.76. The number of rotatable bonds is 6. The van der Waals surface area contributed by atoms with Crippen molar-refractivity contribution >= 4 is 5.97 Å². The molecule has 1 aliphatic heterocycles. The van der Waals surface area contributed by atoms with E-state index >= 15 is 0 Å². The predicted octanol–water partition coefficient (Wildman–Crippen LogP) is 0.820. The van der Waals surface area contributed by atoms with Gasteiger partial charge in [0, 0.05) is 19.7 Å². The zero-order valence-corrected chi connectivity index (χ0v) is 8.74. The summed E-state index contributed by atoms with van der Waals surface area (Å²) in [5.74, 6) is -0.109. The van der Waals surface area contributed by atoms with Crippen molar-refractivity contribution in [3.8, 4) is 0 Å². The van der Waals surface area contributed by atoms with E-state index in [-0.39, 0.29) is 6.42 Å². The quantitative estimate of drug-likeness (QED) is 0.691. The molecule has 0 aromatic rings. The Labute approximate surface area is 84.8 Å². The van der Waals surface area contributed by atoms with E-state index in [1.807, 2.05) is 6.92 Å². The lowest BCUT2D eigenvalue weighted by Crippen LogP contribution is -2.24. The van der Waals surface area contributed by atoms with Crippen LogP contribution in [0.2, 0.25) is 0 Å². The third-order valence-corrected chi connectivity index (χ3v) is 2.57. The Bertz CT molecular complexity index is 184. The van der Waals surface area contributed by atoms with Crippen LogP contribution in [0.25, 0.3) is 0 Å². The molecule has 0 spiro atoms. The zero-order valence-electron chi connectivity index (χ0n) is 8.74. The largest absolute Gasteiger partial charge is 0.481 e. The standard InChI is InChI=1S/C10H19NO3/c1-2-14-8-9-3-5-11(7-9)6-4-10(12)13/h9H,2-8H2,1H3,(H,12,13)/t9-/m0/s1. The normalized spacial score (nSPS) is 22.8. The first kappa shape index (κ1) is 11.5. The third kappa shape index (κ3) is 4.07. The number of ether oxygens (including phenoxy) is 1. The summed E-state index contributed by atoms with van der Waals surface area (Å²) in [5.41, 5.74) is 0. The molecule has 14 heavy (non-hydrogen) atoms. The summed E-state index contributed by atoms with van der Waals surface area (Å²) in [6, 6.07) is 0. The van der Waals surface area contributed by atoms with Crippen LogP contribution in [0.5, 0.6) is 0 Å². The smallest absolute Gasteiger partial charge is 0.304 e. The van der Waals surface area contributed by atoms with Gasteiger partial charge in [0.1, 0.15) is 0 Å². The van der Waals surface area contributed by atoms with E-state index < -0.39 is 5.97 Å². The first-order valence-electron chi connectivity index (χ1n) is 5.24. The lowest BCUT2D eigenvalue weighted by Gasteiger charge is -2.14. The molecule has 0 radical (unpaired) electrons. The van der Waals surface area contributed by atoms with Crippen molar-refractivity contribution in [2.45, 2.75) is 19.8 Å². The second-order valence-electron chi connectivity index (χ2n) is 3.76. The van der Waals surface area contributed by atoms with Crippen LogP contribution in [0.3, 0.4) is 0 Å². The zero-order chi connectivity index (χ0) is 10.4. The second kappa shape index (κ2) is 5.98. The number of carboxylic acid groups (broad SMARTS) is 1. The van der Waals surface area contributed by atoms with Crippen molar-refractivity contribution in [2.75, 3.05) is 32.8 Å². The first-order valence-corrected chi connectivity index (χ1v) is 5.24. The summed E-state index contributed by atoms with van der Waals surface area (Å²) < 4.78 is 5.35. The maximum atomic E-state index is 10.4. The molecule has 0 unspecified atom stereocenters. The van der Waals surface area contributed by atoms with Gasteiger partial charge >= 0.3 is 5.97 Å². The van der Waals surface area contributed by atoms with E-state index in [4.69, 9.17) is 9.84 Å². The van der Waals surface area contributed by atoms with E-state index in [1.54, 1.807) is 0 Å². The Kier molecular flexibility index (Phi) is 4.90. The van der Waals surface area contributed by atoms with Crippen LogP contribution < -0.4 is 0 Å². The van der Waals surface area contributed by atoms with Crippen LogP contribution in [-0.4, -0.2) is 48.8 Å². The predicted molar refractivity (Wildman–Crippen MR) is 53.3 cm³/mol. The van der Waals surface area contributed by atoms with E-state index in [2.05, 4.69) is 4.90 Å². The van der Waals surface area contributed by atoms with Crippen LogP contribution in [0, 0.1) is 5.92 Å². The monoisotopic (exact) mass is 201 g/mol. The molecule has 0 bridgehead atoms. The first-order chi connectivity index (χ1) is 6.72. The molecule has 1 fully saturated rings. The molecule has 4 heteroatoms. The van der Waals surface area contributed by atoms with E-state index in [0.717, 1.165) is 32.7 Å². The van der Waals surface area contributed by atoms with Crippen LogP contribution in [-0.2, 0) is 9.53 Å². The lowest BCUT2D eigenvalue weighted by atomic mass is 10.1. The number of nitrogens with zero attached hydrogens (tertiary/aromatic N) is 1. The highest BCUT2D eigenvalue weighted by atomic mass is 16.5. The highest BCUT2D eigenvalue weighted by Crippen LogP contribution is 2.16. The molecule has 0 aromatic carbocycles. The molecule has 4 nitrogen and oxygen atoms in total. The average molecular weight is 201 g/mol. The van der Waals surface area contributed by atoms with E-state index in [9.17, 15) is 4.79 Å². The summed E-state index contributed by atoms with van der Waals surface area (Å²) in [6.07, 6.45) is 1.39. The van der Waals surface area contributed by atoms with Gasteiger partial charge in [-0.25, -0.2) is 0 Å². The molecule has 1 rings (SSSR count). The number of likely N-dealkylation sites (tertiary alicyclic amines) is 1. The number of hydrogen-bond acceptors (Lipinski definition) is 3. The molecular weight excluding hydrogens is 182 g/mol. The Balaban J connectivity index is 2.10. The summed E-state index contributed by atoms with van der Waals surface area (Å²) in [4.78, 5) is 12.6. The number of hydrogen-bond donors (Lipinski definition) is 1. The Hall–Kier alpha value is -0.610.